The van der Waals surface area contributed by atoms with Gasteiger partial charge in [0.05, 0.1) is 11.4 Å². The Kier molecular flexibility index (Phi) is 5.01. The highest BCUT2D eigenvalue weighted by molar-refractivity contribution is 5.96. The summed E-state index contributed by atoms with van der Waals surface area (Å²) < 4.78 is 0. The quantitative estimate of drug-likeness (QED) is 0.786. The van der Waals surface area contributed by atoms with Gasteiger partial charge in [0.2, 0.25) is 0 Å². The molecule has 0 atom stereocenters. The summed E-state index contributed by atoms with van der Waals surface area (Å²) in [6, 6.07) is 5.45. The van der Waals surface area contributed by atoms with E-state index < -0.39 is 0 Å². The van der Waals surface area contributed by atoms with Crippen molar-refractivity contribution in [3.63, 3.8) is 0 Å². The number of amides is 1. The van der Waals surface area contributed by atoms with Crippen molar-refractivity contribution in [2.45, 2.75) is 20.8 Å². The highest BCUT2D eigenvalue weighted by atomic mass is 16.1. The summed E-state index contributed by atoms with van der Waals surface area (Å²) in [6.45, 7) is 7.77. The van der Waals surface area contributed by atoms with Gasteiger partial charge in [0.15, 0.2) is 0 Å². The maximum Gasteiger partial charge on any atom is 0.251 e. The third-order valence-electron chi connectivity index (χ3n) is 2.68. The number of carbonyl (C=O) groups excluding carboxylic acids is 1. The zero-order valence-corrected chi connectivity index (χ0v) is 11.7. The minimum atomic E-state index is -0.0812. The Morgan fingerprint density at radius 3 is 2.61 bits per heavy atom. The van der Waals surface area contributed by atoms with E-state index in [0.29, 0.717) is 23.7 Å². The van der Waals surface area contributed by atoms with E-state index >= 15 is 0 Å². The van der Waals surface area contributed by atoms with Crippen LogP contribution in [0, 0.1) is 5.92 Å². The lowest BCUT2D eigenvalue weighted by molar-refractivity contribution is 0.0956. The van der Waals surface area contributed by atoms with Gasteiger partial charge in [-0.2, -0.15) is 0 Å². The number of nitrogen functional groups attached to an aromatic ring is 1. The molecule has 0 saturated carbocycles. The fourth-order valence-electron chi connectivity index (χ4n) is 1.95. The van der Waals surface area contributed by atoms with E-state index in [1.54, 1.807) is 6.07 Å². The van der Waals surface area contributed by atoms with Gasteiger partial charge in [-0.1, -0.05) is 13.8 Å². The number of hydrogen-bond donors (Lipinski definition) is 2. The normalized spacial score (nSPS) is 10.5. The average molecular weight is 249 g/mol. The highest BCUT2D eigenvalue weighted by Crippen LogP contribution is 2.24. The van der Waals surface area contributed by atoms with E-state index in [-0.39, 0.29) is 5.91 Å². The van der Waals surface area contributed by atoms with Crippen LogP contribution in [0.15, 0.2) is 18.2 Å². The Labute approximate surface area is 109 Å². The molecule has 0 unspecified atom stereocenters. The van der Waals surface area contributed by atoms with Crippen LogP contribution >= 0.6 is 0 Å². The molecule has 0 aliphatic rings. The van der Waals surface area contributed by atoms with Crippen molar-refractivity contribution in [1.29, 1.82) is 0 Å². The van der Waals surface area contributed by atoms with E-state index in [4.69, 9.17) is 5.73 Å². The number of rotatable bonds is 5. The topological polar surface area (TPSA) is 58.4 Å². The van der Waals surface area contributed by atoms with Crippen LogP contribution in [0.1, 0.15) is 31.1 Å². The van der Waals surface area contributed by atoms with Gasteiger partial charge < -0.3 is 16.0 Å². The molecular formula is C14H23N3O. The first-order valence-corrected chi connectivity index (χ1v) is 6.34. The van der Waals surface area contributed by atoms with Gasteiger partial charge in [-0.3, -0.25) is 4.79 Å². The van der Waals surface area contributed by atoms with Gasteiger partial charge in [-0.15, -0.1) is 0 Å². The Hall–Kier alpha value is -1.71. The zero-order chi connectivity index (χ0) is 13.7. The van der Waals surface area contributed by atoms with Crippen molar-refractivity contribution in [1.82, 2.24) is 5.32 Å². The van der Waals surface area contributed by atoms with Crippen LogP contribution in [-0.4, -0.2) is 26.0 Å². The predicted molar refractivity (Wildman–Crippen MR) is 77.0 cm³/mol. The second kappa shape index (κ2) is 6.28. The van der Waals surface area contributed by atoms with E-state index in [1.807, 2.05) is 26.1 Å². The molecule has 4 nitrogen and oxygen atoms in total. The molecule has 0 saturated heterocycles. The third kappa shape index (κ3) is 3.65. The van der Waals surface area contributed by atoms with Crippen LogP contribution in [0.25, 0.3) is 0 Å². The molecule has 0 aliphatic heterocycles. The minimum Gasteiger partial charge on any atom is -0.397 e. The SMILES string of the molecule is CCNC(=O)c1ccc(N(C)CC(C)C)c(N)c1. The molecule has 1 aromatic rings. The van der Waals surface area contributed by atoms with Crippen molar-refractivity contribution in [3.05, 3.63) is 23.8 Å². The highest BCUT2D eigenvalue weighted by Gasteiger charge is 2.10. The number of benzene rings is 1. The smallest absolute Gasteiger partial charge is 0.251 e. The summed E-state index contributed by atoms with van der Waals surface area (Å²) >= 11 is 0. The van der Waals surface area contributed by atoms with Crippen molar-refractivity contribution in [2.24, 2.45) is 5.92 Å². The van der Waals surface area contributed by atoms with Gasteiger partial charge in [-0.05, 0) is 31.0 Å². The summed E-state index contributed by atoms with van der Waals surface area (Å²) in [5, 5.41) is 2.76. The first-order valence-electron chi connectivity index (χ1n) is 6.34. The first-order chi connectivity index (χ1) is 8.45. The number of nitrogens with zero attached hydrogens (tertiary/aromatic N) is 1. The summed E-state index contributed by atoms with van der Waals surface area (Å²) in [6.07, 6.45) is 0. The lowest BCUT2D eigenvalue weighted by Crippen LogP contribution is -2.25. The first kappa shape index (κ1) is 14.4. The average Bonchev–Trinajstić information content (AvgIpc) is 2.28. The Morgan fingerprint density at radius 1 is 1.44 bits per heavy atom. The van der Waals surface area contributed by atoms with Crippen molar-refractivity contribution >= 4 is 17.3 Å². The fraction of sp³-hybridized carbons (Fsp3) is 0.500. The van der Waals surface area contributed by atoms with E-state index in [2.05, 4.69) is 24.1 Å². The van der Waals surface area contributed by atoms with Crippen molar-refractivity contribution < 1.29 is 4.79 Å². The van der Waals surface area contributed by atoms with Gasteiger partial charge in [-0.25, -0.2) is 0 Å². The lowest BCUT2D eigenvalue weighted by Gasteiger charge is -2.23. The van der Waals surface area contributed by atoms with Crippen molar-refractivity contribution in [3.8, 4) is 0 Å². The number of nitrogens with one attached hydrogen (secondary N) is 1. The number of anilines is 2. The molecule has 18 heavy (non-hydrogen) atoms. The molecule has 3 N–H and O–H groups in total. The monoisotopic (exact) mass is 249 g/mol. The second-order valence-electron chi connectivity index (χ2n) is 4.91. The third-order valence-corrected chi connectivity index (χ3v) is 2.68. The van der Waals surface area contributed by atoms with Gasteiger partial charge in [0, 0.05) is 25.7 Å². The molecule has 1 aromatic carbocycles. The van der Waals surface area contributed by atoms with Crippen LogP contribution in [0.4, 0.5) is 11.4 Å². The van der Waals surface area contributed by atoms with E-state index in [1.165, 1.54) is 0 Å². The maximum absolute atomic E-state index is 11.7. The van der Waals surface area contributed by atoms with Crippen LogP contribution in [0.5, 0.6) is 0 Å². The number of carbonyl (C=O) groups is 1. The standard InChI is InChI=1S/C14H23N3O/c1-5-16-14(18)11-6-7-13(12(15)8-11)17(4)9-10(2)3/h6-8,10H,5,9,15H2,1-4H3,(H,16,18). The van der Waals surface area contributed by atoms with Gasteiger partial charge in [0.1, 0.15) is 0 Å². The molecule has 0 fully saturated rings. The minimum absolute atomic E-state index is 0.0812. The van der Waals surface area contributed by atoms with Crippen LogP contribution in [0.3, 0.4) is 0 Å². The molecule has 0 aliphatic carbocycles. The molecule has 1 rings (SSSR count). The largest absolute Gasteiger partial charge is 0.397 e. The second-order valence-corrected chi connectivity index (χ2v) is 4.91. The molecule has 100 valence electrons. The molecule has 4 heteroatoms. The molecule has 0 radical (unpaired) electrons. The van der Waals surface area contributed by atoms with Gasteiger partial charge >= 0.3 is 0 Å². The Bertz CT molecular complexity index is 416. The van der Waals surface area contributed by atoms with Crippen LogP contribution in [0.2, 0.25) is 0 Å². The molecule has 0 spiro atoms. The fourth-order valence-corrected chi connectivity index (χ4v) is 1.95. The Balaban J connectivity index is 2.88. The molecular weight excluding hydrogens is 226 g/mol. The molecule has 1 amide bonds. The van der Waals surface area contributed by atoms with E-state index in [9.17, 15) is 4.79 Å². The lowest BCUT2D eigenvalue weighted by atomic mass is 10.1. The van der Waals surface area contributed by atoms with Crippen LogP contribution in [-0.2, 0) is 0 Å². The zero-order valence-electron chi connectivity index (χ0n) is 11.7. The summed E-state index contributed by atoms with van der Waals surface area (Å²) in [5.74, 6) is 0.486. The van der Waals surface area contributed by atoms with Crippen molar-refractivity contribution in [2.75, 3.05) is 30.8 Å². The predicted octanol–water partition coefficient (Wildman–Crippen LogP) is 2.11. The summed E-state index contributed by atoms with van der Waals surface area (Å²) in [5.41, 5.74) is 8.23. The Morgan fingerprint density at radius 2 is 2.11 bits per heavy atom. The number of nitrogens with two attached hydrogens (primary N) is 1. The molecule has 0 bridgehead atoms. The summed E-state index contributed by atoms with van der Waals surface area (Å²) in [4.78, 5) is 13.8. The van der Waals surface area contributed by atoms with Crippen LogP contribution < -0.4 is 16.0 Å². The summed E-state index contributed by atoms with van der Waals surface area (Å²) in [7, 11) is 2.01. The molecule has 0 heterocycles. The maximum atomic E-state index is 11.7. The van der Waals surface area contributed by atoms with E-state index in [0.717, 1.165) is 12.2 Å². The molecule has 0 aromatic heterocycles. The van der Waals surface area contributed by atoms with Gasteiger partial charge in [0.25, 0.3) is 5.91 Å². The number of hydrogen-bond acceptors (Lipinski definition) is 3.